The van der Waals surface area contributed by atoms with Crippen LogP contribution in [0.4, 0.5) is 0 Å². The maximum Gasteiger partial charge on any atom is 0.0488 e. The first-order chi connectivity index (χ1) is 7.17. The summed E-state index contributed by atoms with van der Waals surface area (Å²) < 4.78 is 11.6. The van der Waals surface area contributed by atoms with Crippen molar-refractivity contribution in [2.45, 2.75) is 32.6 Å². The minimum atomic E-state index is -0.721. The smallest absolute Gasteiger partial charge is 0.0488 e. The van der Waals surface area contributed by atoms with Crippen molar-refractivity contribution in [3.8, 4) is 0 Å². The van der Waals surface area contributed by atoms with E-state index in [0.29, 0.717) is 12.3 Å². The van der Waals surface area contributed by atoms with Crippen molar-refractivity contribution in [2.75, 3.05) is 5.75 Å². The topological polar surface area (TPSA) is 43.1 Å². The summed E-state index contributed by atoms with van der Waals surface area (Å²) in [7, 11) is -0.721. The van der Waals surface area contributed by atoms with Crippen molar-refractivity contribution in [3.05, 3.63) is 34.9 Å². The average Bonchev–Trinajstić information content (AvgIpc) is 2.21. The minimum Gasteiger partial charge on any atom is -0.326 e. The Kier molecular flexibility index (Phi) is 4.99. The van der Waals surface area contributed by atoms with Crippen LogP contribution in [0.25, 0.3) is 0 Å². The predicted molar refractivity (Wildman–Crippen MR) is 66.1 cm³/mol. The van der Waals surface area contributed by atoms with Crippen LogP contribution in [-0.4, -0.2) is 9.96 Å². The number of aryl methyl sites for hydroxylation is 1. The van der Waals surface area contributed by atoms with Crippen molar-refractivity contribution in [1.82, 2.24) is 0 Å². The molecule has 1 aromatic carbocycles. The fraction of sp³-hybridized carbons (Fsp3) is 0.500. The van der Waals surface area contributed by atoms with Crippen LogP contribution in [0.2, 0.25) is 0 Å². The lowest BCUT2D eigenvalue weighted by Crippen LogP contribution is -2.03. The maximum absolute atomic E-state index is 11.6. The molecule has 0 fully saturated rings. The molecule has 0 saturated carbocycles. The van der Waals surface area contributed by atoms with Gasteiger partial charge in [-0.1, -0.05) is 25.1 Å². The third-order valence-electron chi connectivity index (χ3n) is 2.39. The highest BCUT2D eigenvalue weighted by Gasteiger charge is 2.04. The minimum absolute atomic E-state index is 0.569. The summed E-state index contributed by atoms with van der Waals surface area (Å²) in [4.78, 5) is 0. The lowest BCUT2D eigenvalue weighted by atomic mass is 10.1. The van der Waals surface area contributed by atoms with Gasteiger partial charge in [-0.2, -0.15) is 0 Å². The van der Waals surface area contributed by atoms with E-state index in [1.54, 1.807) is 0 Å². The predicted octanol–water partition coefficient (Wildman–Crippen LogP) is 2.11. The zero-order chi connectivity index (χ0) is 11.3. The summed E-state index contributed by atoms with van der Waals surface area (Å²) in [6.07, 6.45) is 0.979. The zero-order valence-corrected chi connectivity index (χ0v) is 10.3. The third kappa shape index (κ3) is 3.76. The Morgan fingerprint density at radius 2 is 2.13 bits per heavy atom. The Labute approximate surface area is 94.3 Å². The van der Waals surface area contributed by atoms with Crippen molar-refractivity contribution in [2.24, 2.45) is 5.73 Å². The number of benzene rings is 1. The van der Waals surface area contributed by atoms with E-state index < -0.39 is 10.8 Å². The lowest BCUT2D eigenvalue weighted by molar-refractivity contribution is 0.681. The summed E-state index contributed by atoms with van der Waals surface area (Å²) in [5.74, 6) is 1.46. The lowest BCUT2D eigenvalue weighted by Gasteiger charge is -2.07. The van der Waals surface area contributed by atoms with Gasteiger partial charge in [-0.3, -0.25) is 4.21 Å². The third-order valence-corrected chi connectivity index (χ3v) is 3.89. The van der Waals surface area contributed by atoms with Crippen LogP contribution in [-0.2, 0) is 23.1 Å². The highest BCUT2D eigenvalue weighted by Crippen LogP contribution is 2.13. The number of hydrogen-bond acceptors (Lipinski definition) is 2. The molecule has 1 aromatic rings. The number of rotatable bonds is 5. The van der Waals surface area contributed by atoms with Crippen LogP contribution < -0.4 is 5.73 Å². The SMILES string of the molecule is CCCS(=O)Cc1ccc(CN)cc1C. The highest BCUT2D eigenvalue weighted by atomic mass is 32.2. The van der Waals surface area contributed by atoms with Gasteiger partial charge in [0.2, 0.25) is 0 Å². The van der Waals surface area contributed by atoms with Gasteiger partial charge in [-0.05, 0) is 30.0 Å². The molecule has 0 aliphatic carbocycles. The van der Waals surface area contributed by atoms with E-state index in [4.69, 9.17) is 5.73 Å². The fourth-order valence-electron chi connectivity index (χ4n) is 1.52. The van der Waals surface area contributed by atoms with Crippen LogP contribution >= 0.6 is 0 Å². The van der Waals surface area contributed by atoms with Crippen molar-refractivity contribution < 1.29 is 4.21 Å². The fourth-order valence-corrected chi connectivity index (χ4v) is 2.79. The molecule has 0 radical (unpaired) electrons. The average molecular weight is 225 g/mol. The van der Waals surface area contributed by atoms with Crippen LogP contribution in [0.3, 0.4) is 0 Å². The van der Waals surface area contributed by atoms with E-state index in [1.807, 2.05) is 12.1 Å². The Morgan fingerprint density at radius 3 is 2.67 bits per heavy atom. The summed E-state index contributed by atoms with van der Waals surface area (Å²) in [6, 6.07) is 6.15. The second-order valence-electron chi connectivity index (χ2n) is 3.75. The molecule has 0 bridgehead atoms. The maximum atomic E-state index is 11.6. The van der Waals surface area contributed by atoms with Crippen molar-refractivity contribution in [3.63, 3.8) is 0 Å². The van der Waals surface area contributed by atoms with Crippen LogP contribution in [0.5, 0.6) is 0 Å². The summed E-state index contributed by atoms with van der Waals surface area (Å²) in [5, 5.41) is 0. The molecule has 3 heteroatoms. The summed E-state index contributed by atoms with van der Waals surface area (Å²) in [5.41, 5.74) is 9.07. The van der Waals surface area contributed by atoms with E-state index >= 15 is 0 Å². The molecule has 0 saturated heterocycles. The second kappa shape index (κ2) is 6.03. The van der Waals surface area contributed by atoms with Gasteiger partial charge in [-0.15, -0.1) is 0 Å². The monoisotopic (exact) mass is 225 g/mol. The first kappa shape index (κ1) is 12.4. The molecule has 0 spiro atoms. The zero-order valence-electron chi connectivity index (χ0n) is 9.45. The van der Waals surface area contributed by atoms with Gasteiger partial charge in [0.15, 0.2) is 0 Å². The van der Waals surface area contributed by atoms with Crippen LogP contribution in [0, 0.1) is 6.92 Å². The van der Waals surface area contributed by atoms with E-state index in [2.05, 4.69) is 19.9 Å². The normalized spacial score (nSPS) is 12.7. The molecule has 1 rings (SSSR count). The van der Waals surface area contributed by atoms with Crippen molar-refractivity contribution >= 4 is 10.8 Å². The van der Waals surface area contributed by atoms with Gasteiger partial charge in [0.25, 0.3) is 0 Å². The highest BCUT2D eigenvalue weighted by molar-refractivity contribution is 7.84. The van der Waals surface area contributed by atoms with E-state index in [-0.39, 0.29) is 0 Å². The molecule has 1 unspecified atom stereocenters. The molecular weight excluding hydrogens is 206 g/mol. The van der Waals surface area contributed by atoms with E-state index in [0.717, 1.165) is 17.7 Å². The first-order valence-electron chi connectivity index (χ1n) is 5.30. The molecule has 0 aliphatic rings. The summed E-state index contributed by atoms with van der Waals surface area (Å²) in [6.45, 7) is 4.68. The van der Waals surface area contributed by atoms with Gasteiger partial charge < -0.3 is 5.73 Å². The quantitative estimate of drug-likeness (QED) is 0.834. The molecular formula is C12H19NOS. The second-order valence-corrected chi connectivity index (χ2v) is 5.33. The Bertz CT molecular complexity index is 349. The molecule has 0 aliphatic heterocycles. The van der Waals surface area contributed by atoms with Gasteiger partial charge in [-0.25, -0.2) is 0 Å². The number of hydrogen-bond donors (Lipinski definition) is 1. The van der Waals surface area contributed by atoms with E-state index in [1.165, 1.54) is 11.1 Å². The Balaban J connectivity index is 2.73. The Morgan fingerprint density at radius 1 is 1.40 bits per heavy atom. The summed E-state index contributed by atoms with van der Waals surface area (Å²) >= 11 is 0. The molecule has 0 aromatic heterocycles. The molecule has 0 heterocycles. The Hall–Kier alpha value is -0.670. The van der Waals surface area contributed by atoms with Crippen molar-refractivity contribution in [1.29, 1.82) is 0 Å². The van der Waals surface area contributed by atoms with E-state index in [9.17, 15) is 4.21 Å². The van der Waals surface area contributed by atoms with Gasteiger partial charge in [0.05, 0.1) is 0 Å². The largest absolute Gasteiger partial charge is 0.326 e. The van der Waals surface area contributed by atoms with Crippen LogP contribution in [0.15, 0.2) is 18.2 Å². The molecule has 84 valence electrons. The first-order valence-corrected chi connectivity index (χ1v) is 6.79. The molecule has 2 nitrogen and oxygen atoms in total. The molecule has 15 heavy (non-hydrogen) atoms. The van der Waals surface area contributed by atoms with Gasteiger partial charge >= 0.3 is 0 Å². The van der Waals surface area contributed by atoms with Gasteiger partial charge in [0, 0.05) is 28.9 Å². The van der Waals surface area contributed by atoms with Crippen LogP contribution in [0.1, 0.15) is 30.0 Å². The van der Waals surface area contributed by atoms with Gasteiger partial charge in [0.1, 0.15) is 0 Å². The number of nitrogens with two attached hydrogens (primary N) is 1. The molecule has 1 atom stereocenters. The molecule has 2 N–H and O–H groups in total. The standard InChI is InChI=1S/C12H19NOS/c1-3-6-15(14)9-12-5-4-11(8-13)7-10(12)2/h4-5,7H,3,6,8-9,13H2,1-2H3. The molecule has 0 amide bonds.